The summed E-state index contributed by atoms with van der Waals surface area (Å²) in [7, 11) is 4.84. The second kappa shape index (κ2) is 6.83. The number of carbonyl (C=O) groups is 1. The molecular weight excluding hydrogens is 306 g/mol. The maximum absolute atomic E-state index is 10.9. The molecule has 126 valence electrons. The average molecular weight is 327 g/mol. The number of benzene rings is 2. The number of nitrogens with zero attached hydrogens (tertiary/aromatic N) is 1. The highest BCUT2D eigenvalue weighted by Crippen LogP contribution is 2.39. The van der Waals surface area contributed by atoms with Gasteiger partial charge in [0.15, 0.2) is 11.5 Å². The van der Waals surface area contributed by atoms with Crippen molar-refractivity contribution in [1.29, 1.82) is 0 Å². The van der Waals surface area contributed by atoms with E-state index in [1.165, 1.54) is 11.3 Å². The monoisotopic (exact) mass is 327 g/mol. The number of ether oxygens (including phenoxy) is 3. The van der Waals surface area contributed by atoms with Crippen LogP contribution in [0, 0.1) is 0 Å². The summed E-state index contributed by atoms with van der Waals surface area (Å²) >= 11 is 0. The van der Waals surface area contributed by atoms with E-state index in [0.717, 1.165) is 36.9 Å². The van der Waals surface area contributed by atoms with Crippen LogP contribution in [0.15, 0.2) is 30.3 Å². The molecule has 3 rings (SSSR count). The van der Waals surface area contributed by atoms with Gasteiger partial charge in [-0.25, -0.2) is 0 Å². The Morgan fingerprint density at radius 1 is 1.04 bits per heavy atom. The second-order valence-corrected chi connectivity index (χ2v) is 5.71. The SMILES string of the molecule is COc1cc(CN2CCc3cc(C=O)ccc32)cc(OC)c1OC. The van der Waals surface area contributed by atoms with Crippen LogP contribution in [0.3, 0.4) is 0 Å². The number of methoxy groups -OCH3 is 3. The summed E-state index contributed by atoms with van der Waals surface area (Å²) in [5.74, 6) is 1.91. The molecule has 24 heavy (non-hydrogen) atoms. The smallest absolute Gasteiger partial charge is 0.203 e. The summed E-state index contributed by atoms with van der Waals surface area (Å²) < 4.78 is 16.2. The molecule has 1 heterocycles. The summed E-state index contributed by atoms with van der Waals surface area (Å²) in [6.07, 6.45) is 1.84. The molecule has 1 aliphatic rings. The zero-order valence-corrected chi connectivity index (χ0v) is 14.2. The van der Waals surface area contributed by atoms with Crippen molar-refractivity contribution in [1.82, 2.24) is 0 Å². The average Bonchev–Trinajstić information content (AvgIpc) is 3.02. The van der Waals surface area contributed by atoms with Crippen LogP contribution in [0.25, 0.3) is 0 Å². The molecule has 0 aliphatic carbocycles. The van der Waals surface area contributed by atoms with E-state index < -0.39 is 0 Å². The molecule has 0 spiro atoms. The van der Waals surface area contributed by atoms with Gasteiger partial charge in [-0.05, 0) is 47.9 Å². The van der Waals surface area contributed by atoms with Gasteiger partial charge >= 0.3 is 0 Å². The quantitative estimate of drug-likeness (QED) is 0.763. The van der Waals surface area contributed by atoms with Gasteiger partial charge in [0.1, 0.15) is 6.29 Å². The maximum Gasteiger partial charge on any atom is 0.203 e. The topological polar surface area (TPSA) is 48.0 Å². The van der Waals surface area contributed by atoms with Crippen molar-refractivity contribution in [2.75, 3.05) is 32.8 Å². The van der Waals surface area contributed by atoms with Gasteiger partial charge in [0.2, 0.25) is 5.75 Å². The number of carbonyl (C=O) groups excluding carboxylic acids is 1. The largest absolute Gasteiger partial charge is 0.493 e. The van der Waals surface area contributed by atoms with E-state index in [2.05, 4.69) is 4.90 Å². The fraction of sp³-hybridized carbons (Fsp3) is 0.316. The zero-order chi connectivity index (χ0) is 17.1. The molecule has 1 aliphatic heterocycles. The van der Waals surface area contributed by atoms with Gasteiger partial charge in [-0.2, -0.15) is 0 Å². The van der Waals surface area contributed by atoms with E-state index in [9.17, 15) is 4.79 Å². The predicted octanol–water partition coefficient (Wildman–Crippen LogP) is 3.09. The fourth-order valence-electron chi connectivity index (χ4n) is 3.17. The zero-order valence-electron chi connectivity index (χ0n) is 14.2. The molecule has 0 saturated heterocycles. The lowest BCUT2D eigenvalue weighted by Gasteiger charge is -2.21. The number of aldehydes is 1. The number of hydrogen-bond donors (Lipinski definition) is 0. The van der Waals surface area contributed by atoms with Gasteiger partial charge in [-0.15, -0.1) is 0 Å². The molecule has 2 aromatic carbocycles. The maximum atomic E-state index is 10.9. The summed E-state index contributed by atoms with van der Waals surface area (Å²) in [4.78, 5) is 13.2. The number of fused-ring (bicyclic) bond motifs is 1. The van der Waals surface area contributed by atoms with E-state index in [1.807, 2.05) is 30.3 Å². The molecule has 0 fully saturated rings. The lowest BCUT2D eigenvalue weighted by Crippen LogP contribution is -2.19. The normalized spacial score (nSPS) is 12.7. The predicted molar refractivity (Wildman–Crippen MR) is 92.7 cm³/mol. The van der Waals surface area contributed by atoms with Crippen LogP contribution in [-0.4, -0.2) is 34.2 Å². The molecule has 0 radical (unpaired) electrons. The Balaban J connectivity index is 1.89. The highest BCUT2D eigenvalue weighted by Gasteiger charge is 2.21. The molecule has 0 amide bonds. The third-order valence-electron chi connectivity index (χ3n) is 4.33. The highest BCUT2D eigenvalue weighted by atomic mass is 16.5. The standard InChI is InChI=1S/C19H21NO4/c1-22-17-9-14(10-18(23-2)19(17)24-3)11-20-7-6-15-8-13(12-21)4-5-16(15)20/h4-5,8-10,12H,6-7,11H2,1-3H3. The molecule has 0 saturated carbocycles. The second-order valence-electron chi connectivity index (χ2n) is 5.71. The van der Waals surface area contributed by atoms with Crippen molar-refractivity contribution in [3.8, 4) is 17.2 Å². The van der Waals surface area contributed by atoms with Gasteiger partial charge in [0, 0.05) is 24.3 Å². The van der Waals surface area contributed by atoms with Crippen LogP contribution in [0.5, 0.6) is 17.2 Å². The lowest BCUT2D eigenvalue weighted by atomic mass is 10.1. The number of rotatable bonds is 6. The van der Waals surface area contributed by atoms with Crippen LogP contribution in [-0.2, 0) is 13.0 Å². The Kier molecular flexibility index (Phi) is 4.60. The van der Waals surface area contributed by atoms with Crippen LogP contribution in [0.1, 0.15) is 21.5 Å². The molecule has 5 nitrogen and oxygen atoms in total. The first-order valence-electron chi connectivity index (χ1n) is 7.82. The fourth-order valence-corrected chi connectivity index (χ4v) is 3.17. The Hall–Kier alpha value is -2.69. The van der Waals surface area contributed by atoms with E-state index in [4.69, 9.17) is 14.2 Å². The molecule has 0 unspecified atom stereocenters. The summed E-state index contributed by atoms with van der Waals surface area (Å²) in [6.45, 7) is 1.67. The van der Waals surface area contributed by atoms with E-state index in [1.54, 1.807) is 21.3 Å². The summed E-state index contributed by atoms with van der Waals surface area (Å²) in [5.41, 5.74) is 4.20. The van der Waals surface area contributed by atoms with Crippen molar-refractivity contribution in [2.45, 2.75) is 13.0 Å². The van der Waals surface area contributed by atoms with Crippen LogP contribution >= 0.6 is 0 Å². The third kappa shape index (κ3) is 2.89. The minimum absolute atomic E-state index is 0.598. The Morgan fingerprint density at radius 2 is 1.75 bits per heavy atom. The van der Waals surface area contributed by atoms with Crippen molar-refractivity contribution in [3.05, 3.63) is 47.0 Å². The molecule has 2 aromatic rings. The number of hydrogen-bond acceptors (Lipinski definition) is 5. The van der Waals surface area contributed by atoms with Crippen molar-refractivity contribution in [2.24, 2.45) is 0 Å². The van der Waals surface area contributed by atoms with Crippen molar-refractivity contribution in [3.63, 3.8) is 0 Å². The molecule has 5 heteroatoms. The van der Waals surface area contributed by atoms with E-state index in [-0.39, 0.29) is 0 Å². The molecular formula is C19H21NO4. The molecule has 0 atom stereocenters. The van der Waals surface area contributed by atoms with Crippen molar-refractivity contribution < 1.29 is 19.0 Å². The van der Waals surface area contributed by atoms with Gasteiger partial charge in [0.05, 0.1) is 21.3 Å². The van der Waals surface area contributed by atoms with Gasteiger partial charge in [-0.1, -0.05) is 0 Å². The molecule has 0 aromatic heterocycles. The summed E-state index contributed by atoms with van der Waals surface area (Å²) in [5, 5.41) is 0. The van der Waals surface area contributed by atoms with Gasteiger partial charge in [-0.3, -0.25) is 4.79 Å². The van der Waals surface area contributed by atoms with E-state index in [0.29, 0.717) is 17.2 Å². The third-order valence-corrected chi connectivity index (χ3v) is 4.33. The first-order valence-corrected chi connectivity index (χ1v) is 7.82. The molecule has 0 bridgehead atoms. The minimum Gasteiger partial charge on any atom is -0.493 e. The van der Waals surface area contributed by atoms with Gasteiger partial charge < -0.3 is 19.1 Å². The minimum atomic E-state index is 0.598. The Labute approximate surface area is 141 Å². The van der Waals surface area contributed by atoms with Crippen LogP contribution in [0.2, 0.25) is 0 Å². The van der Waals surface area contributed by atoms with Gasteiger partial charge in [0.25, 0.3) is 0 Å². The van der Waals surface area contributed by atoms with Crippen molar-refractivity contribution >= 4 is 12.0 Å². The number of anilines is 1. The van der Waals surface area contributed by atoms with Crippen LogP contribution in [0.4, 0.5) is 5.69 Å². The lowest BCUT2D eigenvalue weighted by molar-refractivity contribution is 0.112. The Bertz CT molecular complexity index is 732. The first-order chi connectivity index (χ1) is 11.7. The highest BCUT2D eigenvalue weighted by molar-refractivity contribution is 5.77. The van der Waals surface area contributed by atoms with E-state index >= 15 is 0 Å². The Morgan fingerprint density at radius 3 is 2.33 bits per heavy atom. The van der Waals surface area contributed by atoms with Crippen LogP contribution < -0.4 is 19.1 Å². The first kappa shape index (κ1) is 16.2. The molecule has 0 N–H and O–H groups in total. The summed E-state index contributed by atoms with van der Waals surface area (Å²) in [6, 6.07) is 9.79.